The third kappa shape index (κ3) is 3.83. The summed E-state index contributed by atoms with van der Waals surface area (Å²) in [5.41, 5.74) is -0.640. The standard InChI is InChI=1S/C15H10ClF3N2O3/c1-7(24-15(23)8-3-2-6-20-13(8)16)14(22)21-10-5-4-9(17)11(18)12(10)19/h2-7H,1H3,(H,21,22)/t7-/m0/s1. The summed E-state index contributed by atoms with van der Waals surface area (Å²) in [5.74, 6) is -6.53. The molecule has 0 fully saturated rings. The van der Waals surface area contributed by atoms with Gasteiger partial charge in [-0.15, -0.1) is 0 Å². The highest BCUT2D eigenvalue weighted by Crippen LogP contribution is 2.20. The highest BCUT2D eigenvalue weighted by atomic mass is 35.5. The van der Waals surface area contributed by atoms with Crippen LogP contribution in [0.5, 0.6) is 0 Å². The maximum absolute atomic E-state index is 13.5. The maximum atomic E-state index is 13.5. The summed E-state index contributed by atoms with van der Waals surface area (Å²) in [5, 5.41) is 1.89. The summed E-state index contributed by atoms with van der Waals surface area (Å²) in [6.45, 7) is 1.22. The van der Waals surface area contributed by atoms with Crippen molar-refractivity contribution < 1.29 is 27.5 Å². The van der Waals surface area contributed by atoms with Gasteiger partial charge in [0.05, 0.1) is 11.3 Å². The SMILES string of the molecule is C[C@H](OC(=O)c1cccnc1Cl)C(=O)Nc1ccc(F)c(F)c1F. The number of hydrogen-bond donors (Lipinski definition) is 1. The number of aromatic nitrogens is 1. The van der Waals surface area contributed by atoms with Crippen LogP contribution in [0.2, 0.25) is 5.15 Å². The number of pyridine rings is 1. The molecule has 1 aromatic carbocycles. The predicted molar refractivity (Wildman–Crippen MR) is 79.1 cm³/mol. The highest BCUT2D eigenvalue weighted by molar-refractivity contribution is 6.32. The molecule has 0 unspecified atom stereocenters. The van der Waals surface area contributed by atoms with Crippen LogP contribution in [0.4, 0.5) is 18.9 Å². The van der Waals surface area contributed by atoms with Crippen molar-refractivity contribution in [2.75, 3.05) is 5.32 Å². The summed E-state index contributed by atoms with van der Waals surface area (Å²) >= 11 is 5.73. The van der Waals surface area contributed by atoms with Gasteiger partial charge in [-0.1, -0.05) is 11.6 Å². The van der Waals surface area contributed by atoms with Crippen LogP contribution < -0.4 is 5.32 Å². The Morgan fingerprint density at radius 3 is 2.58 bits per heavy atom. The van der Waals surface area contributed by atoms with Gasteiger partial charge in [-0.2, -0.15) is 0 Å². The number of benzene rings is 1. The molecule has 126 valence electrons. The lowest BCUT2D eigenvalue weighted by Crippen LogP contribution is -2.30. The molecule has 0 radical (unpaired) electrons. The third-order valence-corrected chi connectivity index (χ3v) is 3.23. The van der Waals surface area contributed by atoms with Gasteiger partial charge in [0.1, 0.15) is 5.15 Å². The van der Waals surface area contributed by atoms with Crippen molar-refractivity contribution in [3.63, 3.8) is 0 Å². The fraction of sp³-hybridized carbons (Fsp3) is 0.133. The van der Waals surface area contributed by atoms with E-state index < -0.39 is 41.1 Å². The van der Waals surface area contributed by atoms with E-state index in [-0.39, 0.29) is 10.7 Å². The molecule has 1 atom stereocenters. The molecular formula is C15H10ClF3N2O3. The van der Waals surface area contributed by atoms with E-state index in [0.717, 1.165) is 6.07 Å². The normalized spacial score (nSPS) is 11.7. The Balaban J connectivity index is 2.07. The van der Waals surface area contributed by atoms with Crippen molar-refractivity contribution >= 4 is 29.2 Å². The van der Waals surface area contributed by atoms with Crippen LogP contribution in [-0.4, -0.2) is 23.0 Å². The number of esters is 1. The first-order valence-electron chi connectivity index (χ1n) is 6.57. The van der Waals surface area contributed by atoms with Crippen molar-refractivity contribution in [2.24, 2.45) is 0 Å². The Hall–Kier alpha value is -2.61. The monoisotopic (exact) mass is 358 g/mol. The van der Waals surface area contributed by atoms with Gasteiger partial charge >= 0.3 is 5.97 Å². The van der Waals surface area contributed by atoms with Crippen LogP contribution in [0.1, 0.15) is 17.3 Å². The molecule has 5 nitrogen and oxygen atoms in total. The predicted octanol–water partition coefficient (Wildman–Crippen LogP) is 3.34. The summed E-state index contributed by atoms with van der Waals surface area (Å²) in [6.07, 6.45) is 0.0162. The number of nitrogens with one attached hydrogen (secondary N) is 1. The maximum Gasteiger partial charge on any atom is 0.342 e. The van der Waals surface area contributed by atoms with E-state index >= 15 is 0 Å². The fourth-order valence-corrected chi connectivity index (χ4v) is 1.87. The molecule has 1 aromatic heterocycles. The average molecular weight is 359 g/mol. The molecule has 24 heavy (non-hydrogen) atoms. The van der Waals surface area contributed by atoms with Gasteiger partial charge in [0.15, 0.2) is 23.6 Å². The number of rotatable bonds is 4. The summed E-state index contributed by atoms with van der Waals surface area (Å²) in [4.78, 5) is 27.5. The Kier molecular flexibility index (Phi) is 5.40. The third-order valence-electron chi connectivity index (χ3n) is 2.93. The fourth-order valence-electron chi connectivity index (χ4n) is 1.67. The summed E-state index contributed by atoms with van der Waals surface area (Å²) in [6, 6.07) is 4.29. The topological polar surface area (TPSA) is 68.3 Å². The Morgan fingerprint density at radius 2 is 1.92 bits per heavy atom. The Morgan fingerprint density at radius 1 is 1.21 bits per heavy atom. The molecule has 1 heterocycles. The van der Waals surface area contributed by atoms with Crippen LogP contribution in [0.15, 0.2) is 30.5 Å². The molecule has 0 aliphatic carbocycles. The summed E-state index contributed by atoms with van der Waals surface area (Å²) < 4.78 is 44.3. The Labute approximate surface area is 139 Å². The van der Waals surface area contributed by atoms with E-state index in [1.807, 2.05) is 5.32 Å². The molecule has 0 bridgehead atoms. The quantitative estimate of drug-likeness (QED) is 0.517. The zero-order valence-corrected chi connectivity index (χ0v) is 12.9. The minimum absolute atomic E-state index is 0.0576. The molecule has 0 aliphatic heterocycles. The molecule has 2 aromatic rings. The molecule has 0 saturated carbocycles. The largest absolute Gasteiger partial charge is 0.449 e. The van der Waals surface area contributed by atoms with Crippen molar-refractivity contribution in [1.29, 1.82) is 0 Å². The number of nitrogens with zero attached hydrogens (tertiary/aromatic N) is 1. The van der Waals surface area contributed by atoms with Gasteiger partial charge in [0, 0.05) is 6.20 Å². The lowest BCUT2D eigenvalue weighted by molar-refractivity contribution is -0.123. The van der Waals surface area contributed by atoms with Gasteiger partial charge in [0.25, 0.3) is 5.91 Å². The molecule has 2 rings (SSSR count). The van der Waals surface area contributed by atoms with E-state index in [1.54, 1.807) is 0 Å². The van der Waals surface area contributed by atoms with Gasteiger partial charge in [0.2, 0.25) is 0 Å². The minimum atomic E-state index is -1.72. The van der Waals surface area contributed by atoms with Crippen molar-refractivity contribution in [2.45, 2.75) is 13.0 Å². The first-order valence-corrected chi connectivity index (χ1v) is 6.95. The molecule has 0 spiro atoms. The van der Waals surface area contributed by atoms with Gasteiger partial charge in [-0.3, -0.25) is 4.79 Å². The average Bonchev–Trinajstić information content (AvgIpc) is 2.55. The molecule has 1 amide bonds. The molecular weight excluding hydrogens is 349 g/mol. The number of ether oxygens (including phenoxy) is 1. The van der Waals surface area contributed by atoms with Crippen molar-refractivity contribution in [1.82, 2.24) is 4.98 Å². The number of anilines is 1. The van der Waals surface area contributed by atoms with Gasteiger partial charge in [-0.25, -0.2) is 22.9 Å². The number of amides is 1. The highest BCUT2D eigenvalue weighted by Gasteiger charge is 2.23. The van der Waals surface area contributed by atoms with Crippen LogP contribution in [-0.2, 0) is 9.53 Å². The van der Waals surface area contributed by atoms with Gasteiger partial charge in [-0.05, 0) is 31.2 Å². The second-order valence-corrected chi connectivity index (χ2v) is 4.96. The molecule has 0 saturated heterocycles. The first-order chi connectivity index (χ1) is 11.3. The van der Waals surface area contributed by atoms with E-state index in [0.29, 0.717) is 6.07 Å². The number of carbonyl (C=O) groups excluding carboxylic acids is 2. The zero-order chi connectivity index (χ0) is 17.9. The van der Waals surface area contributed by atoms with E-state index in [1.165, 1.54) is 25.3 Å². The van der Waals surface area contributed by atoms with Crippen molar-refractivity contribution in [3.8, 4) is 0 Å². The molecule has 0 aliphatic rings. The second-order valence-electron chi connectivity index (χ2n) is 4.60. The number of halogens is 4. The van der Waals surface area contributed by atoms with E-state index in [9.17, 15) is 22.8 Å². The van der Waals surface area contributed by atoms with Crippen LogP contribution >= 0.6 is 11.6 Å². The Bertz CT molecular complexity index is 802. The zero-order valence-electron chi connectivity index (χ0n) is 12.1. The lowest BCUT2D eigenvalue weighted by atomic mass is 10.2. The number of hydrogen-bond acceptors (Lipinski definition) is 4. The van der Waals surface area contributed by atoms with E-state index in [4.69, 9.17) is 16.3 Å². The number of carbonyl (C=O) groups is 2. The summed E-state index contributed by atoms with van der Waals surface area (Å²) in [7, 11) is 0. The first kappa shape index (κ1) is 17.7. The smallest absolute Gasteiger partial charge is 0.342 e. The second kappa shape index (κ2) is 7.31. The lowest BCUT2D eigenvalue weighted by Gasteiger charge is -2.14. The van der Waals surface area contributed by atoms with Crippen LogP contribution in [0.3, 0.4) is 0 Å². The van der Waals surface area contributed by atoms with Crippen LogP contribution in [0.25, 0.3) is 0 Å². The molecule has 1 N–H and O–H groups in total. The van der Waals surface area contributed by atoms with Gasteiger partial charge < -0.3 is 10.1 Å². The minimum Gasteiger partial charge on any atom is -0.449 e. The molecule has 9 heteroatoms. The van der Waals surface area contributed by atoms with E-state index in [2.05, 4.69) is 4.98 Å². The van der Waals surface area contributed by atoms with Crippen LogP contribution in [0, 0.1) is 17.5 Å². The van der Waals surface area contributed by atoms with Crippen molar-refractivity contribution in [3.05, 3.63) is 58.6 Å².